The fraction of sp³-hybridized carbons (Fsp3) is 0.0833. The molecule has 0 unspecified atom stereocenters. The molecule has 2 aromatic rings. The van der Waals surface area contributed by atoms with Gasteiger partial charge in [0.25, 0.3) is 0 Å². The minimum atomic E-state index is 1.07. The summed E-state index contributed by atoms with van der Waals surface area (Å²) in [6.45, 7) is 11.9. The van der Waals surface area contributed by atoms with E-state index in [4.69, 9.17) is 0 Å². The van der Waals surface area contributed by atoms with Crippen molar-refractivity contribution < 1.29 is 0 Å². The molecule has 0 radical (unpaired) electrons. The number of benzene rings is 2. The van der Waals surface area contributed by atoms with Gasteiger partial charge in [0.2, 0.25) is 0 Å². The topological polar surface area (TPSA) is 0 Å². The zero-order valence-corrected chi connectivity index (χ0v) is 14.5. The molecule has 120 valence electrons. The number of rotatable bonds is 6. The van der Waals surface area contributed by atoms with E-state index in [1.807, 2.05) is 18.2 Å². The van der Waals surface area contributed by atoms with Gasteiger partial charge in [-0.2, -0.15) is 0 Å². The van der Waals surface area contributed by atoms with E-state index in [2.05, 4.69) is 87.7 Å². The molecule has 0 aliphatic heterocycles. The lowest BCUT2D eigenvalue weighted by Crippen LogP contribution is -1.95. The van der Waals surface area contributed by atoms with Crippen LogP contribution in [0.4, 0.5) is 0 Å². The van der Waals surface area contributed by atoms with Gasteiger partial charge in [-0.3, -0.25) is 0 Å². The maximum absolute atomic E-state index is 3.96. The third-order valence-corrected chi connectivity index (χ3v) is 4.00. The maximum atomic E-state index is 3.96. The zero-order chi connectivity index (χ0) is 17.4. The van der Waals surface area contributed by atoms with Crippen molar-refractivity contribution in [2.75, 3.05) is 0 Å². The Kier molecular flexibility index (Phi) is 6.33. The Labute approximate surface area is 145 Å². The molecule has 0 heteroatoms. The van der Waals surface area contributed by atoms with Crippen molar-refractivity contribution in [3.63, 3.8) is 0 Å². The molecule has 0 spiro atoms. The molecule has 0 amide bonds. The van der Waals surface area contributed by atoms with Crippen LogP contribution < -0.4 is 0 Å². The highest BCUT2D eigenvalue weighted by atomic mass is 14.2. The number of hydrogen-bond acceptors (Lipinski definition) is 0. The second kappa shape index (κ2) is 8.69. The molecule has 0 fully saturated rings. The van der Waals surface area contributed by atoms with Gasteiger partial charge in [0.05, 0.1) is 0 Å². The Morgan fingerprint density at radius 2 is 1.33 bits per heavy atom. The molecule has 2 rings (SSSR count). The summed E-state index contributed by atoms with van der Waals surface area (Å²) in [6, 6.07) is 18.9. The van der Waals surface area contributed by atoms with E-state index in [0.717, 1.165) is 11.1 Å². The predicted octanol–water partition coefficient (Wildman–Crippen LogP) is 6.95. The molecule has 0 N–H and O–H groups in total. The van der Waals surface area contributed by atoms with Gasteiger partial charge in [-0.15, -0.1) is 0 Å². The monoisotopic (exact) mass is 312 g/mol. The van der Waals surface area contributed by atoms with Crippen LogP contribution in [0.3, 0.4) is 0 Å². The second-order valence-electron chi connectivity index (χ2n) is 5.38. The molecular formula is C24H24. The summed E-state index contributed by atoms with van der Waals surface area (Å²) in [5.41, 5.74) is 7.10. The van der Waals surface area contributed by atoms with E-state index in [0.29, 0.717) is 0 Å². The van der Waals surface area contributed by atoms with Crippen molar-refractivity contribution in [1.82, 2.24) is 0 Å². The first kappa shape index (κ1) is 17.5. The minimum absolute atomic E-state index is 1.07. The van der Waals surface area contributed by atoms with Crippen LogP contribution in [-0.4, -0.2) is 0 Å². The molecular weight excluding hydrogens is 288 g/mol. The van der Waals surface area contributed by atoms with E-state index < -0.39 is 0 Å². The van der Waals surface area contributed by atoms with Crippen LogP contribution in [0.25, 0.3) is 16.7 Å². The highest BCUT2D eigenvalue weighted by molar-refractivity contribution is 6.07. The van der Waals surface area contributed by atoms with Crippen molar-refractivity contribution in [2.24, 2.45) is 0 Å². The molecule has 0 aliphatic rings. The van der Waals surface area contributed by atoms with Crippen LogP contribution in [0, 0.1) is 0 Å². The SMILES string of the molecule is C=C/C=C(\C=C)c1ccccc1C(=C/C)/C(=C\C)c1ccccc1. The fourth-order valence-corrected chi connectivity index (χ4v) is 2.92. The normalized spacial score (nSPS) is 12.8. The van der Waals surface area contributed by atoms with Gasteiger partial charge in [-0.05, 0) is 47.3 Å². The first-order chi connectivity index (χ1) is 11.8. The lowest BCUT2D eigenvalue weighted by molar-refractivity contribution is 1.51. The third kappa shape index (κ3) is 3.72. The molecule has 24 heavy (non-hydrogen) atoms. The summed E-state index contributed by atoms with van der Waals surface area (Å²) < 4.78 is 0. The summed E-state index contributed by atoms with van der Waals surface area (Å²) in [4.78, 5) is 0. The van der Waals surface area contributed by atoms with Gasteiger partial charge < -0.3 is 0 Å². The molecule has 0 heterocycles. The van der Waals surface area contributed by atoms with E-state index >= 15 is 0 Å². The van der Waals surface area contributed by atoms with Crippen molar-refractivity contribution in [3.8, 4) is 0 Å². The van der Waals surface area contributed by atoms with E-state index in [1.165, 1.54) is 22.3 Å². The maximum Gasteiger partial charge on any atom is -0.0103 e. The first-order valence-electron chi connectivity index (χ1n) is 8.20. The lowest BCUT2D eigenvalue weighted by Gasteiger charge is -2.17. The smallest absolute Gasteiger partial charge is 0.0103 e. The largest absolute Gasteiger partial charge is 0.0990 e. The Morgan fingerprint density at radius 3 is 1.88 bits per heavy atom. The molecule has 0 saturated heterocycles. The van der Waals surface area contributed by atoms with E-state index in [-0.39, 0.29) is 0 Å². The Balaban J connectivity index is 2.63. The first-order valence-corrected chi connectivity index (χ1v) is 8.20. The Hall–Kier alpha value is -2.86. The fourth-order valence-electron chi connectivity index (χ4n) is 2.92. The van der Waals surface area contributed by atoms with Crippen LogP contribution in [0.2, 0.25) is 0 Å². The summed E-state index contributed by atoms with van der Waals surface area (Å²) in [5, 5.41) is 0. The van der Waals surface area contributed by atoms with Gasteiger partial charge in [-0.1, -0.05) is 98.1 Å². The highest BCUT2D eigenvalue weighted by Gasteiger charge is 2.13. The minimum Gasteiger partial charge on any atom is -0.0990 e. The Morgan fingerprint density at radius 1 is 0.750 bits per heavy atom. The Bertz CT molecular complexity index is 799. The van der Waals surface area contributed by atoms with Gasteiger partial charge in [-0.25, -0.2) is 0 Å². The highest BCUT2D eigenvalue weighted by Crippen LogP contribution is 2.35. The molecule has 0 aromatic heterocycles. The van der Waals surface area contributed by atoms with Crippen LogP contribution in [0.1, 0.15) is 30.5 Å². The quantitative estimate of drug-likeness (QED) is 0.506. The van der Waals surface area contributed by atoms with Crippen molar-refractivity contribution in [3.05, 3.63) is 115 Å². The molecule has 2 aromatic carbocycles. The molecule has 0 bridgehead atoms. The summed E-state index contributed by atoms with van der Waals surface area (Å²) in [7, 11) is 0. The van der Waals surface area contributed by atoms with Crippen LogP contribution in [-0.2, 0) is 0 Å². The van der Waals surface area contributed by atoms with Crippen molar-refractivity contribution >= 4 is 16.7 Å². The third-order valence-electron chi connectivity index (χ3n) is 4.00. The zero-order valence-electron chi connectivity index (χ0n) is 14.5. The molecule has 0 nitrogen and oxygen atoms in total. The number of hydrogen-bond donors (Lipinski definition) is 0. The van der Waals surface area contributed by atoms with E-state index in [1.54, 1.807) is 6.08 Å². The van der Waals surface area contributed by atoms with Gasteiger partial charge >= 0.3 is 0 Å². The van der Waals surface area contributed by atoms with Gasteiger partial charge in [0.1, 0.15) is 0 Å². The van der Waals surface area contributed by atoms with Crippen LogP contribution >= 0.6 is 0 Å². The average molecular weight is 312 g/mol. The molecule has 0 aliphatic carbocycles. The predicted molar refractivity (Wildman–Crippen MR) is 109 cm³/mol. The van der Waals surface area contributed by atoms with Crippen LogP contribution in [0.5, 0.6) is 0 Å². The summed E-state index contributed by atoms with van der Waals surface area (Å²) in [6.07, 6.45) is 10.0. The van der Waals surface area contributed by atoms with Crippen LogP contribution in [0.15, 0.2) is 98.1 Å². The van der Waals surface area contributed by atoms with Gasteiger partial charge in [0, 0.05) is 0 Å². The number of allylic oxidation sites excluding steroid dienone is 8. The van der Waals surface area contributed by atoms with Gasteiger partial charge in [0.15, 0.2) is 0 Å². The van der Waals surface area contributed by atoms with E-state index in [9.17, 15) is 0 Å². The average Bonchev–Trinajstić information content (AvgIpc) is 2.65. The standard InChI is InChI=1S/C24H24/c1-5-14-19(6-2)23-17-12-13-18-24(23)22(8-4)21(7-3)20-15-10-9-11-16-20/h5-18H,1-2H2,3-4H3/b19-14+,21-7-,22-8+. The molecule has 0 saturated carbocycles. The molecule has 0 atom stereocenters. The van der Waals surface area contributed by atoms with Crippen molar-refractivity contribution in [1.29, 1.82) is 0 Å². The second-order valence-corrected chi connectivity index (χ2v) is 5.38. The summed E-state index contributed by atoms with van der Waals surface area (Å²) in [5.74, 6) is 0. The summed E-state index contributed by atoms with van der Waals surface area (Å²) >= 11 is 0. The lowest BCUT2D eigenvalue weighted by atomic mass is 9.87. The van der Waals surface area contributed by atoms with Crippen molar-refractivity contribution in [2.45, 2.75) is 13.8 Å².